The second-order valence-electron chi connectivity index (χ2n) is 8.59. The zero-order valence-electron chi connectivity index (χ0n) is 15.9. The molecule has 0 heterocycles. The maximum absolute atomic E-state index is 11.3. The molecule has 1 aromatic rings. The summed E-state index contributed by atoms with van der Waals surface area (Å²) in [5.74, 6) is 0.369. The number of rotatable bonds is 6. The van der Waals surface area contributed by atoms with Crippen molar-refractivity contribution in [2.75, 3.05) is 6.61 Å². The van der Waals surface area contributed by atoms with Crippen LogP contribution < -0.4 is 4.74 Å². The number of carbonyl (C=O) groups excluding carboxylic acids is 1. The molecule has 1 rings (SSSR count). The van der Waals surface area contributed by atoms with E-state index in [0.29, 0.717) is 12.4 Å². The van der Waals surface area contributed by atoms with Gasteiger partial charge in [-0.1, -0.05) is 52.8 Å². The first kappa shape index (κ1) is 19.9. The third kappa shape index (κ3) is 6.11. The second-order valence-corrected chi connectivity index (χ2v) is 13.4. The van der Waals surface area contributed by atoms with Crippen molar-refractivity contribution in [3.63, 3.8) is 0 Å². The summed E-state index contributed by atoms with van der Waals surface area (Å²) in [7, 11) is -1.76. The lowest BCUT2D eigenvalue weighted by molar-refractivity contribution is -0.131. The predicted octanol–water partition coefficient (Wildman–Crippen LogP) is 5.20. The maximum Gasteiger partial charge on any atom is 0.308 e. The van der Waals surface area contributed by atoms with Gasteiger partial charge in [0.05, 0.1) is 0 Å². The van der Waals surface area contributed by atoms with Gasteiger partial charge in [0.1, 0.15) is 5.75 Å². The van der Waals surface area contributed by atoms with Gasteiger partial charge in [0, 0.05) is 13.5 Å². The van der Waals surface area contributed by atoms with Crippen LogP contribution in [-0.4, -0.2) is 20.9 Å². The lowest BCUT2D eigenvalue weighted by Gasteiger charge is -2.39. The number of hydrogen-bond donors (Lipinski definition) is 0. The van der Waals surface area contributed by atoms with E-state index in [1.807, 2.05) is 24.3 Å². The van der Waals surface area contributed by atoms with E-state index in [0.717, 1.165) is 12.0 Å². The Morgan fingerprint density at radius 2 is 1.65 bits per heavy atom. The van der Waals surface area contributed by atoms with Gasteiger partial charge >= 0.3 is 5.97 Å². The van der Waals surface area contributed by atoms with E-state index in [-0.39, 0.29) is 16.4 Å². The average molecular weight is 337 g/mol. The van der Waals surface area contributed by atoms with Crippen LogP contribution in [0.15, 0.2) is 24.3 Å². The minimum absolute atomic E-state index is 0.0221. The van der Waals surface area contributed by atoms with Gasteiger partial charge in [-0.2, -0.15) is 0 Å². The van der Waals surface area contributed by atoms with Crippen LogP contribution in [0.5, 0.6) is 5.75 Å². The molecular formula is C19H32O3Si. The Balaban J connectivity index is 2.81. The first-order valence-corrected chi connectivity index (χ1v) is 11.2. The van der Waals surface area contributed by atoms with Gasteiger partial charge in [-0.25, -0.2) is 0 Å². The summed E-state index contributed by atoms with van der Waals surface area (Å²) in [5.41, 5.74) is 1.03. The van der Waals surface area contributed by atoms with Crippen molar-refractivity contribution in [1.29, 1.82) is 0 Å². The molecule has 130 valence electrons. The van der Waals surface area contributed by atoms with Gasteiger partial charge in [-0.05, 0) is 41.6 Å². The summed E-state index contributed by atoms with van der Waals surface area (Å²) in [6, 6.07) is 7.74. The molecule has 0 saturated heterocycles. The Kier molecular flexibility index (Phi) is 6.22. The van der Waals surface area contributed by atoms with Crippen molar-refractivity contribution in [2.45, 2.75) is 66.1 Å². The molecule has 0 saturated carbocycles. The highest BCUT2D eigenvalue weighted by Gasteiger charge is 2.38. The molecule has 0 atom stereocenters. The highest BCUT2D eigenvalue weighted by molar-refractivity contribution is 6.74. The Bertz CT molecular complexity index is 542. The number of ether oxygens (including phenoxy) is 1. The third-order valence-electron chi connectivity index (χ3n) is 4.53. The summed E-state index contributed by atoms with van der Waals surface area (Å²) >= 11 is 0. The average Bonchev–Trinajstić information content (AvgIpc) is 2.37. The van der Waals surface area contributed by atoms with Gasteiger partial charge in [0.2, 0.25) is 0 Å². The fraction of sp³-hybridized carbons (Fsp3) is 0.632. The number of para-hydroxylation sites is 1. The summed E-state index contributed by atoms with van der Waals surface area (Å²) < 4.78 is 11.7. The van der Waals surface area contributed by atoms with Crippen molar-refractivity contribution < 1.29 is 14.0 Å². The number of hydrogen-bond acceptors (Lipinski definition) is 3. The Hall–Kier alpha value is -1.13. The van der Waals surface area contributed by atoms with Crippen molar-refractivity contribution in [2.24, 2.45) is 5.41 Å². The van der Waals surface area contributed by atoms with E-state index < -0.39 is 8.32 Å². The molecule has 3 nitrogen and oxygen atoms in total. The molecule has 0 aromatic heterocycles. The zero-order chi connectivity index (χ0) is 17.9. The number of benzene rings is 1. The molecule has 0 N–H and O–H groups in total. The SMILES string of the molecule is CC(=O)Oc1ccccc1CC(C)(C)CO[Si](C)(C)C(C)(C)C. The molecule has 0 amide bonds. The topological polar surface area (TPSA) is 35.5 Å². The smallest absolute Gasteiger partial charge is 0.308 e. The Morgan fingerprint density at radius 3 is 2.17 bits per heavy atom. The maximum atomic E-state index is 11.3. The molecule has 0 unspecified atom stereocenters. The first-order chi connectivity index (χ1) is 10.3. The van der Waals surface area contributed by atoms with E-state index in [1.165, 1.54) is 6.92 Å². The molecule has 0 spiro atoms. The Labute approximate surface area is 142 Å². The van der Waals surface area contributed by atoms with E-state index in [2.05, 4.69) is 47.7 Å². The molecule has 4 heteroatoms. The normalized spacial score (nSPS) is 13.0. The van der Waals surface area contributed by atoms with Gasteiger partial charge in [0.25, 0.3) is 0 Å². The standard InChI is InChI=1S/C19H32O3Si/c1-15(20)22-17-12-10-9-11-16(17)13-19(5,6)14-21-23(7,8)18(2,3)4/h9-12H,13-14H2,1-8H3. The molecule has 0 aliphatic heterocycles. The molecule has 0 bridgehead atoms. The highest BCUT2D eigenvalue weighted by atomic mass is 28.4. The van der Waals surface area contributed by atoms with Crippen molar-refractivity contribution >= 4 is 14.3 Å². The highest BCUT2D eigenvalue weighted by Crippen LogP contribution is 2.38. The van der Waals surface area contributed by atoms with Gasteiger partial charge in [-0.3, -0.25) is 4.79 Å². The summed E-state index contributed by atoms with van der Waals surface area (Å²) in [6.45, 7) is 17.8. The summed E-state index contributed by atoms with van der Waals surface area (Å²) in [6.07, 6.45) is 0.811. The van der Waals surface area contributed by atoms with Crippen LogP contribution in [-0.2, 0) is 15.6 Å². The van der Waals surface area contributed by atoms with E-state index in [1.54, 1.807) is 0 Å². The van der Waals surface area contributed by atoms with E-state index >= 15 is 0 Å². The summed E-state index contributed by atoms with van der Waals surface area (Å²) in [5, 5.41) is 0.207. The molecule has 1 aromatic carbocycles. The van der Waals surface area contributed by atoms with Crippen molar-refractivity contribution in [3.05, 3.63) is 29.8 Å². The lowest BCUT2D eigenvalue weighted by atomic mass is 9.86. The number of carbonyl (C=O) groups is 1. The fourth-order valence-corrected chi connectivity index (χ4v) is 3.25. The largest absolute Gasteiger partial charge is 0.426 e. The lowest BCUT2D eigenvalue weighted by Crippen LogP contribution is -2.43. The fourth-order valence-electron chi connectivity index (χ4n) is 2.06. The third-order valence-corrected chi connectivity index (χ3v) is 9.00. The van der Waals surface area contributed by atoms with Crippen LogP contribution in [0.2, 0.25) is 18.1 Å². The predicted molar refractivity (Wildman–Crippen MR) is 98.4 cm³/mol. The molecular weight excluding hydrogens is 304 g/mol. The summed E-state index contributed by atoms with van der Waals surface area (Å²) in [4.78, 5) is 11.3. The molecule has 0 aliphatic carbocycles. The number of esters is 1. The van der Waals surface area contributed by atoms with Gasteiger partial charge in [0.15, 0.2) is 8.32 Å². The van der Waals surface area contributed by atoms with Crippen LogP contribution in [0.1, 0.15) is 47.1 Å². The van der Waals surface area contributed by atoms with E-state index in [4.69, 9.17) is 9.16 Å². The van der Waals surface area contributed by atoms with Crippen molar-refractivity contribution in [3.8, 4) is 5.75 Å². The van der Waals surface area contributed by atoms with Gasteiger partial charge < -0.3 is 9.16 Å². The minimum Gasteiger partial charge on any atom is -0.426 e. The molecule has 23 heavy (non-hydrogen) atoms. The molecule has 0 fully saturated rings. The van der Waals surface area contributed by atoms with Crippen LogP contribution in [0, 0.1) is 5.41 Å². The molecule has 0 aliphatic rings. The van der Waals surface area contributed by atoms with Gasteiger partial charge in [-0.15, -0.1) is 0 Å². The first-order valence-electron chi connectivity index (χ1n) is 8.24. The second kappa shape index (κ2) is 7.18. The monoisotopic (exact) mass is 336 g/mol. The van der Waals surface area contributed by atoms with E-state index in [9.17, 15) is 4.79 Å². The quantitative estimate of drug-likeness (QED) is 0.407. The molecule has 0 radical (unpaired) electrons. The van der Waals surface area contributed by atoms with Crippen molar-refractivity contribution in [1.82, 2.24) is 0 Å². The minimum atomic E-state index is -1.76. The van der Waals surface area contributed by atoms with Crippen LogP contribution in [0.3, 0.4) is 0 Å². The zero-order valence-corrected chi connectivity index (χ0v) is 16.9. The van der Waals surface area contributed by atoms with Crippen LogP contribution >= 0.6 is 0 Å². The van der Waals surface area contributed by atoms with Crippen LogP contribution in [0.4, 0.5) is 0 Å². The van der Waals surface area contributed by atoms with Crippen LogP contribution in [0.25, 0.3) is 0 Å². The Morgan fingerprint density at radius 1 is 1.09 bits per heavy atom.